The summed E-state index contributed by atoms with van der Waals surface area (Å²) in [5.74, 6) is -0.483. The predicted octanol–water partition coefficient (Wildman–Crippen LogP) is 8.67. The number of piperidine rings is 1. The van der Waals surface area contributed by atoms with Crippen LogP contribution in [0.4, 0.5) is 18.9 Å². The van der Waals surface area contributed by atoms with E-state index in [-0.39, 0.29) is 18.5 Å². The van der Waals surface area contributed by atoms with Gasteiger partial charge in [0.1, 0.15) is 18.0 Å². The lowest BCUT2D eigenvalue weighted by Crippen LogP contribution is -2.46. The molecule has 0 aromatic heterocycles. The van der Waals surface area contributed by atoms with Crippen LogP contribution in [0.5, 0.6) is 11.5 Å². The largest absolute Gasteiger partial charge is 0.457 e. The number of nitrogens with one attached hydrogen (secondary N) is 1. The van der Waals surface area contributed by atoms with E-state index in [0.29, 0.717) is 55.8 Å². The Morgan fingerprint density at radius 3 is 2.33 bits per heavy atom. The van der Waals surface area contributed by atoms with Crippen molar-refractivity contribution in [2.45, 2.75) is 60.5 Å². The molecule has 0 saturated carbocycles. The smallest absolute Gasteiger partial charge is 0.406 e. The number of unbranched alkanes of at least 4 members (excludes halogenated alkanes) is 1. The first-order valence-corrected chi connectivity index (χ1v) is 17.2. The van der Waals surface area contributed by atoms with Crippen molar-refractivity contribution in [3.63, 3.8) is 0 Å². The molecule has 1 unspecified atom stereocenters. The summed E-state index contributed by atoms with van der Waals surface area (Å²) in [5.41, 5.74) is 2.78. The van der Waals surface area contributed by atoms with Crippen LogP contribution in [0, 0.1) is 0 Å². The lowest BCUT2D eigenvalue weighted by molar-refractivity contribution is -0.161. The topological polar surface area (TPSA) is 61.9 Å². The standard InChI is InChI=1S/C38H38F3N3O3S/c1-2-3-22-44(25-38(39,40)41)37(46)34-29-15-8-10-18-32(29)48-33-19-11-16-30(35(33)34)43-23-20-26(21-24-43)42-36(45)28-14-7-9-17-31(28)47-27-12-5-4-6-13-27/h4-19,26,34H,2-3,20-25H2,1H3,(H,42,45). The van der Waals surface area contributed by atoms with Crippen LogP contribution in [0.2, 0.25) is 0 Å². The Morgan fingerprint density at radius 1 is 0.896 bits per heavy atom. The minimum absolute atomic E-state index is 0.0444. The Labute approximate surface area is 283 Å². The van der Waals surface area contributed by atoms with E-state index in [9.17, 15) is 22.8 Å². The first-order chi connectivity index (χ1) is 23.2. The van der Waals surface area contributed by atoms with Gasteiger partial charge in [-0.3, -0.25) is 9.59 Å². The van der Waals surface area contributed by atoms with Gasteiger partial charge >= 0.3 is 6.18 Å². The predicted molar refractivity (Wildman–Crippen MR) is 182 cm³/mol. The number of hydrogen-bond acceptors (Lipinski definition) is 5. The number of carbonyl (C=O) groups excluding carboxylic acids is 2. The fourth-order valence-corrected chi connectivity index (χ4v) is 7.60. The van der Waals surface area contributed by atoms with Crippen LogP contribution in [0.3, 0.4) is 0 Å². The van der Waals surface area contributed by atoms with Crippen molar-refractivity contribution in [1.82, 2.24) is 10.2 Å². The summed E-state index contributed by atoms with van der Waals surface area (Å²) >= 11 is 1.54. The second-order valence-corrected chi connectivity index (χ2v) is 13.2. The zero-order valence-electron chi connectivity index (χ0n) is 26.7. The Kier molecular flexibility index (Phi) is 10.3. The molecular weight excluding hydrogens is 635 g/mol. The molecule has 0 spiro atoms. The SMILES string of the molecule is CCCCN(CC(F)(F)F)C(=O)C1c2ccccc2Sc2cccc(N3CCC(NC(=O)c4ccccc4Oc4ccccc4)CC3)c21. The van der Waals surface area contributed by atoms with Crippen molar-refractivity contribution in [3.05, 3.63) is 114 Å². The quantitative estimate of drug-likeness (QED) is 0.183. The van der Waals surface area contributed by atoms with E-state index in [4.69, 9.17) is 4.74 Å². The van der Waals surface area contributed by atoms with Crippen molar-refractivity contribution >= 4 is 29.3 Å². The zero-order valence-corrected chi connectivity index (χ0v) is 27.5. The fourth-order valence-electron chi connectivity index (χ4n) is 6.43. The number of alkyl halides is 3. The maximum Gasteiger partial charge on any atom is 0.406 e. The van der Waals surface area contributed by atoms with Crippen molar-refractivity contribution in [1.29, 1.82) is 0 Å². The van der Waals surface area contributed by atoms with Crippen LogP contribution in [0.15, 0.2) is 107 Å². The number of halogens is 3. The third-order valence-electron chi connectivity index (χ3n) is 8.77. The second kappa shape index (κ2) is 14.8. The van der Waals surface area contributed by atoms with Gasteiger partial charge in [0.15, 0.2) is 0 Å². The summed E-state index contributed by atoms with van der Waals surface area (Å²) in [6, 6.07) is 29.7. The van der Waals surface area contributed by atoms with E-state index in [0.717, 1.165) is 31.5 Å². The Bertz CT molecular complexity index is 1740. The molecule has 48 heavy (non-hydrogen) atoms. The molecule has 2 heterocycles. The molecule has 10 heteroatoms. The molecule has 2 amide bonds. The van der Waals surface area contributed by atoms with Gasteiger partial charge in [0.05, 0.1) is 11.5 Å². The Hall–Kier alpha value is -4.44. The monoisotopic (exact) mass is 673 g/mol. The van der Waals surface area contributed by atoms with Gasteiger partial charge < -0.3 is 19.9 Å². The van der Waals surface area contributed by atoms with E-state index >= 15 is 0 Å². The normalized spacial score (nSPS) is 16.1. The third kappa shape index (κ3) is 7.65. The average Bonchev–Trinajstić information content (AvgIpc) is 3.09. The minimum Gasteiger partial charge on any atom is -0.457 e. The Balaban J connectivity index is 1.22. The first-order valence-electron chi connectivity index (χ1n) is 16.3. The van der Waals surface area contributed by atoms with Gasteiger partial charge in [-0.2, -0.15) is 13.2 Å². The molecule has 6 rings (SSSR count). The highest BCUT2D eigenvalue weighted by Crippen LogP contribution is 2.50. The number of rotatable bonds is 10. The molecule has 1 N–H and O–H groups in total. The van der Waals surface area contributed by atoms with Crippen LogP contribution >= 0.6 is 11.8 Å². The molecule has 1 fully saturated rings. The highest BCUT2D eigenvalue weighted by molar-refractivity contribution is 7.99. The first kappa shape index (κ1) is 33.5. The molecular formula is C38H38F3N3O3S. The van der Waals surface area contributed by atoms with Gasteiger partial charge in [-0.1, -0.05) is 79.7 Å². The van der Waals surface area contributed by atoms with Crippen LogP contribution in [0.1, 0.15) is 60.0 Å². The molecule has 1 atom stereocenters. The van der Waals surface area contributed by atoms with Crippen molar-refractivity contribution in [3.8, 4) is 11.5 Å². The number of nitrogens with zero attached hydrogens (tertiary/aromatic N) is 2. The van der Waals surface area contributed by atoms with Crippen LogP contribution < -0.4 is 15.0 Å². The average molecular weight is 674 g/mol. The highest BCUT2D eigenvalue weighted by Gasteiger charge is 2.41. The van der Waals surface area contributed by atoms with Gasteiger partial charge in [0.25, 0.3) is 5.91 Å². The molecule has 6 nitrogen and oxygen atoms in total. The highest BCUT2D eigenvalue weighted by atomic mass is 32.2. The summed E-state index contributed by atoms with van der Waals surface area (Å²) in [4.78, 5) is 32.6. The van der Waals surface area contributed by atoms with E-state index in [1.807, 2.05) is 85.8 Å². The van der Waals surface area contributed by atoms with Crippen molar-refractivity contribution < 1.29 is 27.5 Å². The van der Waals surface area contributed by atoms with Gasteiger partial charge in [-0.25, -0.2) is 0 Å². The molecule has 2 aliphatic rings. The van der Waals surface area contributed by atoms with E-state index < -0.39 is 24.5 Å². The maximum absolute atomic E-state index is 14.2. The number of benzene rings is 4. The number of carbonyl (C=O) groups is 2. The molecule has 0 bridgehead atoms. The fraction of sp³-hybridized carbons (Fsp3) is 0.316. The Morgan fingerprint density at radius 2 is 1.58 bits per heavy atom. The van der Waals surface area contributed by atoms with Crippen LogP contribution in [0.25, 0.3) is 0 Å². The number of anilines is 1. The molecule has 2 aliphatic heterocycles. The number of para-hydroxylation sites is 2. The number of hydrogen-bond donors (Lipinski definition) is 1. The second-order valence-electron chi connectivity index (χ2n) is 12.1. The minimum atomic E-state index is -4.50. The van der Waals surface area contributed by atoms with Crippen LogP contribution in [-0.2, 0) is 4.79 Å². The van der Waals surface area contributed by atoms with E-state index in [1.54, 1.807) is 30.0 Å². The van der Waals surface area contributed by atoms with E-state index in [2.05, 4.69) is 10.2 Å². The number of fused-ring (bicyclic) bond motifs is 2. The molecule has 4 aromatic carbocycles. The zero-order chi connectivity index (χ0) is 33.7. The lowest BCUT2D eigenvalue weighted by Gasteiger charge is -2.39. The maximum atomic E-state index is 14.2. The number of ether oxygens (including phenoxy) is 1. The summed E-state index contributed by atoms with van der Waals surface area (Å²) in [7, 11) is 0. The molecule has 0 radical (unpaired) electrons. The van der Waals surface area contributed by atoms with Crippen molar-refractivity contribution in [2.24, 2.45) is 0 Å². The van der Waals surface area contributed by atoms with E-state index in [1.165, 1.54) is 0 Å². The summed E-state index contributed by atoms with van der Waals surface area (Å²) in [6.45, 7) is 1.89. The van der Waals surface area contributed by atoms with Gasteiger partial charge in [-0.15, -0.1) is 0 Å². The van der Waals surface area contributed by atoms with Gasteiger partial charge in [-0.05, 0) is 67.3 Å². The van der Waals surface area contributed by atoms with Crippen LogP contribution in [-0.4, -0.2) is 55.1 Å². The number of amides is 2. The molecule has 250 valence electrons. The molecule has 1 saturated heterocycles. The lowest BCUT2D eigenvalue weighted by atomic mass is 9.87. The summed E-state index contributed by atoms with van der Waals surface area (Å²) in [5, 5.41) is 3.17. The third-order valence-corrected chi connectivity index (χ3v) is 9.93. The van der Waals surface area contributed by atoms with Gasteiger partial charge in [0, 0.05) is 46.7 Å². The summed E-state index contributed by atoms with van der Waals surface area (Å²) in [6.07, 6.45) is -2.01. The molecule has 0 aliphatic carbocycles. The van der Waals surface area contributed by atoms with Gasteiger partial charge in [0.2, 0.25) is 5.91 Å². The molecule has 4 aromatic rings. The van der Waals surface area contributed by atoms with Crippen molar-refractivity contribution in [2.75, 3.05) is 31.1 Å². The summed E-state index contributed by atoms with van der Waals surface area (Å²) < 4.78 is 47.2.